The quantitative estimate of drug-likeness (QED) is 0.105. The van der Waals surface area contributed by atoms with Gasteiger partial charge in [0.1, 0.15) is 23.6 Å². The standard InChI is InChI=1S/C34H43F3N4O7/c1-40-12-9-27(23(21-40)10-14-47-16-17-48-15-13-42)39-28-7-4-8-29-26(28)20-25(41(29)22-34(35,36)37)6-5-11-38-24-18-30(43)32(33(44)46-3)31(19-24)45-2/h4,7-8,18-20,23,27,38-39,42-43H,9-17,21-22H2,1-3H3. The van der Waals surface area contributed by atoms with Crippen LogP contribution in [-0.4, -0.2) is 112 Å². The van der Waals surface area contributed by atoms with Crippen LogP contribution in [0, 0.1) is 17.8 Å². The Morgan fingerprint density at radius 1 is 1.10 bits per heavy atom. The molecule has 4 rings (SSSR count). The van der Waals surface area contributed by atoms with Crippen molar-refractivity contribution in [2.45, 2.75) is 31.6 Å². The van der Waals surface area contributed by atoms with Gasteiger partial charge in [-0.05, 0) is 56.5 Å². The van der Waals surface area contributed by atoms with Crippen molar-refractivity contribution in [3.05, 3.63) is 47.7 Å². The van der Waals surface area contributed by atoms with Crippen LogP contribution in [0.4, 0.5) is 24.5 Å². The number of nitrogens with one attached hydrogen (secondary N) is 2. The van der Waals surface area contributed by atoms with Crippen LogP contribution in [0.25, 0.3) is 10.9 Å². The van der Waals surface area contributed by atoms with E-state index in [0.29, 0.717) is 36.4 Å². The van der Waals surface area contributed by atoms with Crippen LogP contribution in [0.1, 0.15) is 28.9 Å². The molecule has 1 aliphatic rings. The van der Waals surface area contributed by atoms with E-state index in [1.54, 1.807) is 18.2 Å². The number of piperidine rings is 1. The number of hydrogen-bond acceptors (Lipinski definition) is 10. The zero-order chi connectivity index (χ0) is 34.7. The van der Waals surface area contributed by atoms with Crippen molar-refractivity contribution in [2.75, 3.05) is 84.6 Å². The molecular weight excluding hydrogens is 633 g/mol. The van der Waals surface area contributed by atoms with Crippen LogP contribution < -0.4 is 15.4 Å². The number of methoxy groups -OCH3 is 2. The summed E-state index contributed by atoms with van der Waals surface area (Å²) < 4.78 is 63.3. The molecule has 2 unspecified atom stereocenters. The number of halogens is 3. The van der Waals surface area contributed by atoms with Crippen LogP contribution >= 0.6 is 0 Å². The Morgan fingerprint density at radius 2 is 1.88 bits per heavy atom. The van der Waals surface area contributed by atoms with Gasteiger partial charge in [0.05, 0.1) is 58.4 Å². The van der Waals surface area contributed by atoms with E-state index in [4.69, 9.17) is 19.3 Å². The van der Waals surface area contributed by atoms with Crippen molar-refractivity contribution in [1.82, 2.24) is 9.47 Å². The molecule has 48 heavy (non-hydrogen) atoms. The summed E-state index contributed by atoms with van der Waals surface area (Å²) in [7, 11) is 4.60. The molecule has 262 valence electrons. The van der Waals surface area contributed by atoms with Gasteiger partial charge in [0.15, 0.2) is 0 Å². The van der Waals surface area contributed by atoms with Crippen molar-refractivity contribution in [3.63, 3.8) is 0 Å². The fourth-order valence-electron chi connectivity index (χ4n) is 5.83. The lowest BCUT2D eigenvalue weighted by Gasteiger charge is -2.38. The van der Waals surface area contributed by atoms with Crippen LogP contribution in [0.15, 0.2) is 36.4 Å². The third-order valence-electron chi connectivity index (χ3n) is 8.09. The molecule has 4 N–H and O–H groups in total. The molecule has 2 aromatic carbocycles. The number of likely N-dealkylation sites (tertiary alicyclic amines) is 1. The summed E-state index contributed by atoms with van der Waals surface area (Å²) in [6, 6.07) is 9.84. The fourth-order valence-corrected chi connectivity index (χ4v) is 5.83. The number of phenols is 1. The van der Waals surface area contributed by atoms with Gasteiger partial charge in [0.25, 0.3) is 0 Å². The van der Waals surface area contributed by atoms with E-state index in [2.05, 4.69) is 39.2 Å². The van der Waals surface area contributed by atoms with Gasteiger partial charge in [-0.2, -0.15) is 13.2 Å². The molecule has 2 heterocycles. The SMILES string of the molecule is COC(=O)c1c(O)cc(NCC#Cc2cc3c(NC4CCN(C)CC4CCOCCOCCO)cccc3n2CC(F)(F)F)cc1OC. The Hall–Kier alpha value is -4.16. The number of aromatic hydroxyl groups is 1. The Labute approximate surface area is 277 Å². The summed E-state index contributed by atoms with van der Waals surface area (Å²) in [6.45, 7) is 2.20. The molecule has 1 aliphatic heterocycles. The van der Waals surface area contributed by atoms with E-state index in [9.17, 15) is 23.1 Å². The molecule has 0 saturated carbocycles. The number of hydrogen-bond donors (Lipinski definition) is 4. The minimum Gasteiger partial charge on any atom is -0.507 e. The normalized spacial score (nSPS) is 16.7. The number of fused-ring (bicyclic) bond motifs is 1. The van der Waals surface area contributed by atoms with Crippen molar-refractivity contribution >= 4 is 28.2 Å². The predicted octanol–water partition coefficient (Wildman–Crippen LogP) is 4.32. The number of rotatable bonds is 15. The second kappa shape index (κ2) is 17.3. The molecule has 1 saturated heterocycles. The Bertz CT molecular complexity index is 1580. The zero-order valence-electron chi connectivity index (χ0n) is 27.4. The topological polar surface area (TPSA) is 127 Å². The summed E-state index contributed by atoms with van der Waals surface area (Å²) >= 11 is 0. The first-order valence-electron chi connectivity index (χ1n) is 15.7. The molecule has 11 nitrogen and oxygen atoms in total. The lowest BCUT2D eigenvalue weighted by molar-refractivity contribution is -0.140. The number of esters is 1. The van der Waals surface area contributed by atoms with Gasteiger partial charge < -0.3 is 49.3 Å². The van der Waals surface area contributed by atoms with Gasteiger partial charge in [0.2, 0.25) is 0 Å². The van der Waals surface area contributed by atoms with Crippen molar-refractivity contribution < 1.29 is 47.1 Å². The number of nitrogens with zero attached hydrogens (tertiary/aromatic N) is 2. The molecule has 0 aliphatic carbocycles. The number of phenolic OH excluding ortho intramolecular Hbond substituents is 1. The fraction of sp³-hybridized carbons (Fsp3) is 0.500. The van der Waals surface area contributed by atoms with Crippen LogP contribution in [0.3, 0.4) is 0 Å². The van der Waals surface area contributed by atoms with E-state index < -0.39 is 18.7 Å². The average molecular weight is 677 g/mol. The number of carbonyl (C=O) groups excluding carboxylic acids is 1. The Kier molecular flexibility index (Phi) is 13.2. The summed E-state index contributed by atoms with van der Waals surface area (Å²) in [5, 5.41) is 26.4. The molecule has 0 radical (unpaired) electrons. The van der Waals surface area contributed by atoms with Gasteiger partial charge in [-0.25, -0.2) is 4.79 Å². The van der Waals surface area contributed by atoms with Gasteiger partial charge >= 0.3 is 12.1 Å². The number of alkyl halides is 3. The minimum absolute atomic E-state index is 0.0305. The monoisotopic (exact) mass is 676 g/mol. The third kappa shape index (κ3) is 9.93. The highest BCUT2D eigenvalue weighted by atomic mass is 19.4. The first-order valence-corrected chi connectivity index (χ1v) is 15.7. The van der Waals surface area contributed by atoms with E-state index in [1.807, 2.05) is 6.07 Å². The molecule has 1 aromatic heterocycles. The maximum atomic E-state index is 13.8. The molecule has 0 spiro atoms. The minimum atomic E-state index is -4.47. The third-order valence-corrected chi connectivity index (χ3v) is 8.09. The molecule has 1 fully saturated rings. The van der Waals surface area contributed by atoms with Gasteiger partial charge in [-0.1, -0.05) is 12.0 Å². The lowest BCUT2D eigenvalue weighted by atomic mass is 9.89. The second-order valence-electron chi connectivity index (χ2n) is 11.5. The molecular formula is C34H43F3N4O7. The first-order chi connectivity index (χ1) is 23.0. The Balaban J connectivity index is 1.52. The van der Waals surface area contributed by atoms with Gasteiger partial charge in [-0.3, -0.25) is 0 Å². The maximum absolute atomic E-state index is 13.8. The predicted molar refractivity (Wildman–Crippen MR) is 176 cm³/mol. The van der Waals surface area contributed by atoms with Gasteiger partial charge in [0, 0.05) is 48.1 Å². The van der Waals surface area contributed by atoms with E-state index in [0.717, 1.165) is 31.6 Å². The lowest BCUT2D eigenvalue weighted by Crippen LogP contribution is -2.45. The number of carbonyl (C=O) groups is 1. The van der Waals surface area contributed by atoms with E-state index in [1.165, 1.54) is 30.9 Å². The first kappa shape index (κ1) is 36.7. The summed E-state index contributed by atoms with van der Waals surface area (Å²) in [5.41, 5.74) is 1.62. The maximum Gasteiger partial charge on any atom is 0.406 e. The number of benzene rings is 2. The molecule has 0 bridgehead atoms. The number of ether oxygens (including phenoxy) is 4. The van der Waals surface area contributed by atoms with Gasteiger partial charge in [-0.15, -0.1) is 0 Å². The van der Waals surface area contributed by atoms with Crippen molar-refractivity contribution in [1.29, 1.82) is 0 Å². The van der Waals surface area contributed by atoms with Crippen LogP contribution in [0.2, 0.25) is 0 Å². The largest absolute Gasteiger partial charge is 0.507 e. The van der Waals surface area contributed by atoms with E-state index >= 15 is 0 Å². The highest BCUT2D eigenvalue weighted by molar-refractivity contribution is 5.96. The Morgan fingerprint density at radius 3 is 2.58 bits per heavy atom. The highest BCUT2D eigenvalue weighted by Gasteiger charge is 2.31. The smallest absolute Gasteiger partial charge is 0.406 e. The molecule has 2 atom stereocenters. The van der Waals surface area contributed by atoms with Crippen molar-refractivity contribution in [3.8, 4) is 23.3 Å². The average Bonchev–Trinajstić information content (AvgIpc) is 3.39. The second-order valence-corrected chi connectivity index (χ2v) is 11.5. The number of anilines is 2. The van der Waals surface area contributed by atoms with Crippen LogP contribution in [-0.2, 0) is 20.8 Å². The number of aliphatic hydroxyl groups is 1. The zero-order valence-corrected chi connectivity index (χ0v) is 27.4. The summed E-state index contributed by atoms with van der Waals surface area (Å²) in [5.74, 6) is 4.98. The number of aliphatic hydroxyl groups excluding tert-OH is 1. The van der Waals surface area contributed by atoms with Crippen molar-refractivity contribution in [2.24, 2.45) is 5.92 Å². The van der Waals surface area contributed by atoms with Crippen LogP contribution in [0.5, 0.6) is 11.5 Å². The molecule has 0 amide bonds. The molecule has 3 aromatic rings. The number of aromatic nitrogens is 1. The molecule has 14 heteroatoms. The van der Waals surface area contributed by atoms with E-state index in [-0.39, 0.29) is 54.5 Å². The summed E-state index contributed by atoms with van der Waals surface area (Å²) in [6.07, 6.45) is -2.81. The summed E-state index contributed by atoms with van der Waals surface area (Å²) in [4.78, 5) is 14.3. The highest BCUT2D eigenvalue weighted by Crippen LogP contribution is 2.34.